The van der Waals surface area contributed by atoms with E-state index in [1.165, 1.54) is 28.1 Å². The van der Waals surface area contributed by atoms with Gasteiger partial charge in [0, 0.05) is 38.8 Å². The second kappa shape index (κ2) is 12.7. The Morgan fingerprint density at radius 1 is 0.895 bits per heavy atom. The molecule has 3 aromatic carbocycles. The molecule has 0 amide bonds. The SMILES string of the molecule is COc1cccc(C(CN2CCN(S(=O)(=O)c3cccc(OC(F)F)c3)CC2)OCc2ccc(C)cc2)c1. The molecular formula is C28H32F2N2O5S. The molecule has 0 radical (unpaired) electrons. The van der Waals surface area contributed by atoms with Crippen molar-refractivity contribution in [2.45, 2.75) is 31.1 Å². The van der Waals surface area contributed by atoms with Crippen LogP contribution in [0.1, 0.15) is 22.8 Å². The molecule has 1 heterocycles. The molecule has 1 atom stereocenters. The van der Waals surface area contributed by atoms with E-state index >= 15 is 0 Å². The van der Waals surface area contributed by atoms with Gasteiger partial charge in [0.1, 0.15) is 11.5 Å². The molecule has 0 bridgehead atoms. The highest BCUT2D eigenvalue weighted by molar-refractivity contribution is 7.89. The number of rotatable bonds is 11. The molecule has 38 heavy (non-hydrogen) atoms. The van der Waals surface area contributed by atoms with E-state index < -0.39 is 16.6 Å². The van der Waals surface area contributed by atoms with Crippen molar-refractivity contribution in [2.24, 2.45) is 0 Å². The number of hydrogen-bond donors (Lipinski definition) is 0. The van der Waals surface area contributed by atoms with Crippen molar-refractivity contribution >= 4 is 10.0 Å². The number of methoxy groups -OCH3 is 1. The van der Waals surface area contributed by atoms with Crippen LogP contribution < -0.4 is 9.47 Å². The van der Waals surface area contributed by atoms with Crippen molar-refractivity contribution in [2.75, 3.05) is 39.8 Å². The zero-order valence-electron chi connectivity index (χ0n) is 21.4. The van der Waals surface area contributed by atoms with Crippen molar-refractivity contribution in [1.82, 2.24) is 9.21 Å². The Hall–Kier alpha value is -3.05. The summed E-state index contributed by atoms with van der Waals surface area (Å²) in [5, 5.41) is 0. The Balaban J connectivity index is 1.42. The van der Waals surface area contributed by atoms with E-state index in [4.69, 9.17) is 9.47 Å². The predicted molar refractivity (Wildman–Crippen MR) is 140 cm³/mol. The van der Waals surface area contributed by atoms with E-state index in [1.54, 1.807) is 7.11 Å². The highest BCUT2D eigenvalue weighted by Crippen LogP contribution is 2.27. The first-order valence-corrected chi connectivity index (χ1v) is 13.8. The minimum Gasteiger partial charge on any atom is -0.497 e. The average molecular weight is 547 g/mol. The second-order valence-corrected chi connectivity index (χ2v) is 11.1. The van der Waals surface area contributed by atoms with Gasteiger partial charge in [-0.05, 0) is 42.3 Å². The lowest BCUT2D eigenvalue weighted by Gasteiger charge is -2.36. The molecule has 1 saturated heterocycles. The first-order chi connectivity index (χ1) is 18.2. The summed E-state index contributed by atoms with van der Waals surface area (Å²) in [4.78, 5) is 2.10. The summed E-state index contributed by atoms with van der Waals surface area (Å²) in [6.07, 6.45) is -0.252. The summed E-state index contributed by atoms with van der Waals surface area (Å²) >= 11 is 0. The lowest BCUT2D eigenvalue weighted by molar-refractivity contribution is -0.0500. The number of nitrogens with zero attached hydrogens (tertiary/aromatic N) is 2. The van der Waals surface area contributed by atoms with Gasteiger partial charge < -0.3 is 14.2 Å². The van der Waals surface area contributed by atoms with Crippen LogP contribution in [0.5, 0.6) is 11.5 Å². The van der Waals surface area contributed by atoms with E-state index in [0.717, 1.165) is 22.9 Å². The Morgan fingerprint density at radius 2 is 1.58 bits per heavy atom. The topological polar surface area (TPSA) is 68.3 Å². The molecule has 204 valence electrons. The average Bonchev–Trinajstić information content (AvgIpc) is 2.92. The summed E-state index contributed by atoms with van der Waals surface area (Å²) in [6, 6.07) is 21.2. The van der Waals surface area contributed by atoms with Crippen LogP contribution in [-0.2, 0) is 21.4 Å². The van der Waals surface area contributed by atoms with Gasteiger partial charge in [0.25, 0.3) is 0 Å². The summed E-state index contributed by atoms with van der Waals surface area (Å²) in [5.41, 5.74) is 3.22. The minimum absolute atomic E-state index is 0.0696. The molecule has 1 aliphatic rings. The summed E-state index contributed by atoms with van der Waals surface area (Å²) in [7, 11) is -2.23. The largest absolute Gasteiger partial charge is 0.497 e. The van der Waals surface area contributed by atoms with E-state index in [-0.39, 0.29) is 29.8 Å². The van der Waals surface area contributed by atoms with Crippen LogP contribution >= 0.6 is 0 Å². The molecule has 10 heteroatoms. The van der Waals surface area contributed by atoms with Crippen LogP contribution in [0.15, 0.2) is 77.7 Å². The van der Waals surface area contributed by atoms with Crippen molar-refractivity contribution in [3.05, 3.63) is 89.5 Å². The third-order valence-electron chi connectivity index (χ3n) is 6.46. The number of hydrogen-bond acceptors (Lipinski definition) is 6. The summed E-state index contributed by atoms with van der Waals surface area (Å²) in [5.74, 6) is 0.548. The second-order valence-electron chi connectivity index (χ2n) is 9.12. The number of ether oxygens (including phenoxy) is 3. The monoisotopic (exact) mass is 546 g/mol. The van der Waals surface area contributed by atoms with Gasteiger partial charge in [-0.2, -0.15) is 13.1 Å². The molecule has 1 fully saturated rings. The number of alkyl halides is 2. The molecule has 7 nitrogen and oxygen atoms in total. The van der Waals surface area contributed by atoms with Gasteiger partial charge >= 0.3 is 6.61 Å². The molecular weight excluding hydrogens is 514 g/mol. The maximum Gasteiger partial charge on any atom is 0.387 e. The fourth-order valence-corrected chi connectivity index (χ4v) is 5.78. The third-order valence-corrected chi connectivity index (χ3v) is 8.36. The van der Waals surface area contributed by atoms with Gasteiger partial charge in [0.2, 0.25) is 10.0 Å². The van der Waals surface area contributed by atoms with Gasteiger partial charge in [-0.1, -0.05) is 48.0 Å². The van der Waals surface area contributed by atoms with Gasteiger partial charge in [0.05, 0.1) is 24.7 Å². The van der Waals surface area contributed by atoms with Gasteiger partial charge in [0.15, 0.2) is 0 Å². The zero-order chi connectivity index (χ0) is 27.1. The van der Waals surface area contributed by atoms with Crippen LogP contribution in [0.25, 0.3) is 0 Å². The van der Waals surface area contributed by atoms with Crippen LogP contribution in [0.4, 0.5) is 8.78 Å². The van der Waals surface area contributed by atoms with E-state index in [2.05, 4.69) is 9.64 Å². The van der Waals surface area contributed by atoms with Gasteiger partial charge in [-0.25, -0.2) is 8.42 Å². The number of aryl methyl sites for hydroxylation is 1. The standard InChI is InChI=1S/C28H32F2N2O5S/c1-21-9-11-22(12-10-21)20-36-27(23-5-3-6-24(17-23)35-2)19-31-13-15-32(16-14-31)38(33,34)26-8-4-7-25(18-26)37-28(29)30/h3-12,17-18,27-28H,13-16,19-20H2,1-2H3. The van der Waals surface area contributed by atoms with Crippen LogP contribution in [0.2, 0.25) is 0 Å². The minimum atomic E-state index is -3.85. The van der Waals surface area contributed by atoms with Crippen LogP contribution in [0.3, 0.4) is 0 Å². The Labute approximate surface area is 222 Å². The smallest absolute Gasteiger partial charge is 0.387 e. The highest BCUT2D eigenvalue weighted by atomic mass is 32.2. The third kappa shape index (κ3) is 7.28. The molecule has 4 rings (SSSR count). The summed E-state index contributed by atoms with van der Waals surface area (Å²) in [6.45, 7) is 1.56. The fraction of sp³-hybridized carbons (Fsp3) is 0.357. The molecule has 0 spiro atoms. The lowest BCUT2D eigenvalue weighted by atomic mass is 10.1. The fourth-order valence-electron chi connectivity index (χ4n) is 4.32. The van der Waals surface area contributed by atoms with E-state index in [0.29, 0.717) is 26.2 Å². The Morgan fingerprint density at radius 3 is 2.26 bits per heavy atom. The summed E-state index contributed by atoms with van der Waals surface area (Å²) < 4.78 is 69.0. The number of piperazine rings is 1. The number of sulfonamides is 1. The molecule has 0 saturated carbocycles. The highest BCUT2D eigenvalue weighted by Gasteiger charge is 2.30. The Bertz CT molecular complexity index is 1300. The van der Waals surface area contributed by atoms with Crippen LogP contribution in [0, 0.1) is 6.92 Å². The maximum atomic E-state index is 13.2. The molecule has 1 aliphatic heterocycles. The number of halogens is 2. The van der Waals surface area contributed by atoms with Crippen molar-refractivity contribution in [3.63, 3.8) is 0 Å². The van der Waals surface area contributed by atoms with E-state index in [9.17, 15) is 17.2 Å². The van der Waals surface area contributed by atoms with Crippen LogP contribution in [-0.4, -0.2) is 64.1 Å². The van der Waals surface area contributed by atoms with Crippen molar-refractivity contribution in [1.29, 1.82) is 0 Å². The van der Waals surface area contributed by atoms with Crippen molar-refractivity contribution in [3.8, 4) is 11.5 Å². The first-order valence-electron chi connectivity index (χ1n) is 12.3. The van der Waals surface area contributed by atoms with Gasteiger partial charge in [-0.3, -0.25) is 4.90 Å². The predicted octanol–water partition coefficient (Wildman–Crippen LogP) is 4.87. The first kappa shape index (κ1) is 28.0. The Kier molecular flexibility index (Phi) is 9.32. The lowest BCUT2D eigenvalue weighted by Crippen LogP contribution is -2.49. The molecule has 3 aromatic rings. The molecule has 0 aromatic heterocycles. The maximum absolute atomic E-state index is 13.2. The molecule has 1 unspecified atom stereocenters. The van der Waals surface area contributed by atoms with E-state index in [1.807, 2.05) is 55.5 Å². The number of benzene rings is 3. The molecule has 0 N–H and O–H groups in total. The molecule has 0 aliphatic carbocycles. The normalized spacial score (nSPS) is 15.9. The van der Waals surface area contributed by atoms with Gasteiger partial charge in [-0.15, -0.1) is 0 Å². The quantitative estimate of drug-likeness (QED) is 0.342. The van der Waals surface area contributed by atoms with Crippen molar-refractivity contribution < 1.29 is 31.4 Å². The zero-order valence-corrected chi connectivity index (χ0v) is 22.2.